The van der Waals surface area contributed by atoms with Crippen LogP contribution in [-0.4, -0.2) is 23.9 Å². The Bertz CT molecular complexity index is 1200. The van der Waals surface area contributed by atoms with Crippen LogP contribution in [0.15, 0.2) is 52.9 Å². The minimum atomic E-state index is 0. The van der Waals surface area contributed by atoms with Crippen molar-refractivity contribution in [1.29, 1.82) is 0 Å². The van der Waals surface area contributed by atoms with Gasteiger partial charge in [-0.25, -0.2) is 9.56 Å². The molecule has 2 aliphatic rings. The van der Waals surface area contributed by atoms with Crippen molar-refractivity contribution < 1.29 is 21.6 Å². The number of aromatic nitrogens is 1. The molecule has 0 unspecified atom stereocenters. The van der Waals surface area contributed by atoms with Gasteiger partial charge in [-0.15, -0.1) is 0 Å². The molecule has 0 bridgehead atoms. The van der Waals surface area contributed by atoms with Crippen molar-refractivity contribution in [2.75, 3.05) is 13.1 Å². The van der Waals surface area contributed by atoms with Crippen molar-refractivity contribution in [2.24, 2.45) is 0 Å². The molecule has 1 aliphatic heterocycles. The van der Waals surface area contributed by atoms with E-state index >= 15 is 0 Å². The number of carbonyl (C=O) groups excluding carboxylic acids is 1. The molecule has 0 saturated carbocycles. The van der Waals surface area contributed by atoms with E-state index in [4.69, 9.17) is 9.40 Å². The molecule has 2 aromatic rings. The summed E-state index contributed by atoms with van der Waals surface area (Å²) in [5.41, 5.74) is 3.37. The van der Waals surface area contributed by atoms with Gasteiger partial charge in [-0.1, -0.05) is 24.3 Å². The Labute approximate surface area is 170 Å². The van der Waals surface area contributed by atoms with Crippen LogP contribution in [0.25, 0.3) is 33.3 Å². The number of benzene rings is 3. The van der Waals surface area contributed by atoms with E-state index in [0.717, 1.165) is 51.8 Å². The summed E-state index contributed by atoms with van der Waals surface area (Å²) in [5, 5.41) is 3.20. The van der Waals surface area contributed by atoms with Gasteiger partial charge in [0.1, 0.15) is 30.1 Å². The number of nitrogens with zero attached hydrogens (tertiary/aromatic N) is 2. The van der Waals surface area contributed by atoms with Crippen LogP contribution in [0.5, 0.6) is 0 Å². The van der Waals surface area contributed by atoms with Crippen LogP contribution in [0.2, 0.25) is 0 Å². The first-order valence-electron chi connectivity index (χ1n) is 9.43. The molecule has 0 atom stereocenters. The topological polar surface area (TPSA) is 46.1 Å². The van der Waals surface area contributed by atoms with Crippen LogP contribution in [0.3, 0.4) is 0 Å². The molecular weight excluding hydrogens is 372 g/mol. The molecule has 2 aromatic carbocycles. The highest BCUT2D eigenvalue weighted by Gasteiger charge is 2.15. The predicted octanol–water partition coefficient (Wildman–Crippen LogP) is 1.03. The van der Waals surface area contributed by atoms with Gasteiger partial charge >= 0.3 is 0 Å². The van der Waals surface area contributed by atoms with Crippen LogP contribution >= 0.6 is 0 Å². The number of carbonyl (C=O) groups is 1. The van der Waals surface area contributed by atoms with E-state index in [0.29, 0.717) is 12.0 Å². The van der Waals surface area contributed by atoms with Gasteiger partial charge in [0, 0.05) is 17.9 Å². The molecule has 144 valence electrons. The first-order valence-corrected chi connectivity index (χ1v) is 9.43. The van der Waals surface area contributed by atoms with Crippen molar-refractivity contribution in [2.45, 2.75) is 27.2 Å². The van der Waals surface area contributed by atoms with E-state index in [9.17, 15) is 4.79 Å². The number of hydrogen-bond acceptors (Lipinski definition) is 3. The minimum absolute atomic E-state index is 0. The molecule has 0 radical (unpaired) electrons. The molecule has 28 heavy (non-hydrogen) atoms. The maximum atomic E-state index is 11.7. The van der Waals surface area contributed by atoms with E-state index in [1.54, 1.807) is 6.92 Å². The highest BCUT2D eigenvalue weighted by atomic mass is 35.5. The molecule has 4 nitrogen and oxygen atoms in total. The summed E-state index contributed by atoms with van der Waals surface area (Å²) in [7, 11) is 0. The zero-order chi connectivity index (χ0) is 19.0. The van der Waals surface area contributed by atoms with Crippen LogP contribution in [0, 0.1) is 0 Å². The molecule has 1 aliphatic carbocycles. The molecule has 0 aromatic heterocycles. The van der Waals surface area contributed by atoms with Gasteiger partial charge in [0.05, 0.1) is 6.07 Å². The molecule has 5 heteroatoms. The van der Waals surface area contributed by atoms with E-state index in [1.807, 2.05) is 36.4 Å². The first-order chi connectivity index (χ1) is 13.1. The van der Waals surface area contributed by atoms with Crippen molar-refractivity contribution >= 4 is 27.7 Å². The Hall–Kier alpha value is -2.72. The van der Waals surface area contributed by atoms with Crippen LogP contribution in [-0.2, 0) is 11.2 Å². The third-order valence-corrected chi connectivity index (χ3v) is 5.03. The highest BCUT2D eigenvalue weighted by molar-refractivity contribution is 6.06. The van der Waals surface area contributed by atoms with Gasteiger partial charge in [0.2, 0.25) is 5.36 Å². The maximum Gasteiger partial charge on any atom is 0.203 e. The van der Waals surface area contributed by atoms with Crippen molar-refractivity contribution in [1.82, 2.24) is 9.56 Å². The summed E-state index contributed by atoms with van der Waals surface area (Å²) in [4.78, 5) is 16.6. The van der Waals surface area contributed by atoms with E-state index in [-0.39, 0.29) is 18.2 Å². The predicted molar refractivity (Wildman–Crippen MR) is 109 cm³/mol. The second kappa shape index (κ2) is 8.11. The molecule has 0 spiro atoms. The highest BCUT2D eigenvalue weighted by Crippen LogP contribution is 2.31. The number of fused-ring (bicyclic) bond motifs is 4. The van der Waals surface area contributed by atoms with Gasteiger partial charge in [-0.2, -0.15) is 0 Å². The Morgan fingerprint density at radius 1 is 1.04 bits per heavy atom. The first kappa shape index (κ1) is 20.0. The summed E-state index contributed by atoms with van der Waals surface area (Å²) in [6.45, 7) is 7.78. The lowest BCUT2D eigenvalue weighted by Crippen LogP contribution is -3.00. The molecular formula is C23H23ClN2O2. The lowest BCUT2D eigenvalue weighted by Gasteiger charge is -2.11. The number of Topliss-reactive ketones (excluding diaryl/α,β-unsaturated/α-hetero) is 1. The minimum Gasteiger partial charge on any atom is -1.00 e. The lowest BCUT2D eigenvalue weighted by atomic mass is 9.99. The van der Waals surface area contributed by atoms with Crippen LogP contribution in [0.4, 0.5) is 0 Å². The third kappa shape index (κ3) is 3.52. The van der Waals surface area contributed by atoms with Crippen molar-refractivity contribution in [3.8, 4) is 11.5 Å². The maximum absolute atomic E-state index is 11.7. The van der Waals surface area contributed by atoms with Gasteiger partial charge in [-0.05, 0) is 43.9 Å². The molecule has 4 rings (SSSR count). The largest absolute Gasteiger partial charge is 1.00 e. The van der Waals surface area contributed by atoms with Gasteiger partial charge in [0.15, 0.2) is 11.3 Å². The summed E-state index contributed by atoms with van der Waals surface area (Å²) in [6, 6.07) is 16.2. The average Bonchev–Trinajstić information content (AvgIpc) is 2.67. The number of hydrogen-bond donors (Lipinski definition) is 0. The molecule has 0 fully saturated rings. The van der Waals surface area contributed by atoms with E-state index in [1.165, 1.54) is 0 Å². The molecule has 0 saturated heterocycles. The summed E-state index contributed by atoms with van der Waals surface area (Å²) in [5.74, 6) is 0.896. The fourth-order valence-electron chi connectivity index (χ4n) is 3.72. The van der Waals surface area contributed by atoms with Crippen molar-refractivity contribution in [3.63, 3.8) is 0 Å². The molecule has 1 heterocycles. The number of ketones is 1. The fourth-order valence-corrected chi connectivity index (χ4v) is 3.72. The lowest BCUT2D eigenvalue weighted by molar-refractivity contribution is -0.116. The van der Waals surface area contributed by atoms with E-state index in [2.05, 4.69) is 30.6 Å². The standard InChI is InChI=1S/C23H23N2O2.ClH/c1-4-25(5-2)17-10-11-20-21(14-17)27-22-13-16(12-15(3)26)18-8-6-7-9-19(18)23(22)24-20;/h6-11,13-14H,4-5,12H2,1-3H3;1H/q+1;/p-1. The summed E-state index contributed by atoms with van der Waals surface area (Å²) < 4.78 is 8.53. The smallest absolute Gasteiger partial charge is 0.203 e. The number of rotatable bonds is 4. The molecule has 0 N–H and O–H groups in total. The fraction of sp³-hybridized carbons (Fsp3) is 0.261. The monoisotopic (exact) mass is 394 g/mol. The Kier molecular flexibility index (Phi) is 5.80. The van der Waals surface area contributed by atoms with Crippen molar-refractivity contribution in [3.05, 3.63) is 59.5 Å². The average molecular weight is 395 g/mol. The second-order valence-electron chi connectivity index (χ2n) is 6.84. The molecule has 0 amide bonds. The van der Waals surface area contributed by atoms with Gasteiger partial charge in [0.25, 0.3) is 0 Å². The van der Waals surface area contributed by atoms with Gasteiger partial charge < -0.3 is 16.8 Å². The Morgan fingerprint density at radius 2 is 1.75 bits per heavy atom. The quantitative estimate of drug-likeness (QED) is 0.295. The zero-order valence-electron chi connectivity index (χ0n) is 16.3. The Morgan fingerprint density at radius 3 is 2.43 bits per heavy atom. The summed E-state index contributed by atoms with van der Waals surface area (Å²) >= 11 is 0. The van der Waals surface area contributed by atoms with Crippen LogP contribution < -0.4 is 22.3 Å². The Balaban J connectivity index is 0.00000225. The zero-order valence-corrected chi connectivity index (χ0v) is 17.1. The van der Waals surface area contributed by atoms with Crippen LogP contribution in [0.1, 0.15) is 26.3 Å². The number of halogens is 1. The SMILES string of the molecule is CC[N+](CC)=c1ccc2nc3c(cc(CC(C)=O)c4ccccc43)oc-2c1.[Cl-]. The third-order valence-electron chi connectivity index (χ3n) is 5.03. The summed E-state index contributed by atoms with van der Waals surface area (Å²) in [6.07, 6.45) is 0.392. The second-order valence-corrected chi connectivity index (χ2v) is 6.84. The van der Waals surface area contributed by atoms with Gasteiger partial charge in [-0.3, -0.25) is 4.79 Å². The normalized spacial score (nSPS) is 11.0. The van der Waals surface area contributed by atoms with E-state index < -0.39 is 0 Å².